The second-order valence-corrected chi connectivity index (χ2v) is 8.98. The standard InChI is InChI=1S/C26H20BrClN2O5/c1-15-5-3-4-6-21(15)30-25(32)19(24(31)29-26(30)33)11-17-12-20(27)23(22(13-17)34-2)35-14-16-7-9-18(28)10-8-16/h3-13H,14H2,1-2H3,(H,29,31,33)/b19-11+. The van der Waals surface area contributed by atoms with Crippen molar-refractivity contribution in [3.05, 3.63) is 92.4 Å². The highest BCUT2D eigenvalue weighted by molar-refractivity contribution is 9.10. The summed E-state index contributed by atoms with van der Waals surface area (Å²) in [7, 11) is 1.49. The zero-order valence-electron chi connectivity index (χ0n) is 18.8. The lowest BCUT2D eigenvalue weighted by Crippen LogP contribution is -2.54. The highest BCUT2D eigenvalue weighted by Crippen LogP contribution is 2.38. The van der Waals surface area contributed by atoms with Crippen molar-refractivity contribution in [1.82, 2.24) is 5.32 Å². The number of rotatable bonds is 6. The van der Waals surface area contributed by atoms with Gasteiger partial charge in [0.25, 0.3) is 11.8 Å². The van der Waals surface area contributed by atoms with E-state index < -0.39 is 17.8 Å². The number of aryl methyl sites for hydroxylation is 1. The molecule has 0 aromatic heterocycles. The minimum absolute atomic E-state index is 0.184. The highest BCUT2D eigenvalue weighted by atomic mass is 79.9. The normalized spacial score (nSPS) is 14.8. The van der Waals surface area contributed by atoms with Crippen molar-refractivity contribution in [1.29, 1.82) is 0 Å². The molecule has 4 rings (SSSR count). The van der Waals surface area contributed by atoms with Crippen molar-refractivity contribution in [3.63, 3.8) is 0 Å². The predicted molar refractivity (Wildman–Crippen MR) is 137 cm³/mol. The van der Waals surface area contributed by atoms with E-state index in [1.165, 1.54) is 13.2 Å². The van der Waals surface area contributed by atoms with E-state index in [1.807, 2.05) is 12.1 Å². The number of anilines is 1. The van der Waals surface area contributed by atoms with E-state index in [1.54, 1.807) is 55.5 Å². The van der Waals surface area contributed by atoms with Crippen molar-refractivity contribution in [2.45, 2.75) is 13.5 Å². The molecule has 0 radical (unpaired) electrons. The van der Waals surface area contributed by atoms with Crippen LogP contribution < -0.4 is 19.7 Å². The number of urea groups is 1. The van der Waals surface area contributed by atoms with Gasteiger partial charge in [-0.2, -0.15) is 0 Å². The molecule has 1 heterocycles. The second-order valence-electron chi connectivity index (χ2n) is 7.69. The number of amides is 4. The molecule has 0 atom stereocenters. The number of imide groups is 2. The Kier molecular flexibility index (Phi) is 7.23. The predicted octanol–water partition coefficient (Wildman–Crippen LogP) is 5.66. The number of halogens is 2. The quantitative estimate of drug-likeness (QED) is 0.313. The van der Waals surface area contributed by atoms with E-state index in [-0.39, 0.29) is 12.2 Å². The summed E-state index contributed by atoms with van der Waals surface area (Å²) in [5, 5.41) is 2.87. The zero-order chi connectivity index (χ0) is 25.1. The molecular weight excluding hydrogens is 536 g/mol. The first-order valence-corrected chi connectivity index (χ1v) is 11.7. The maximum atomic E-state index is 13.2. The molecule has 7 nitrogen and oxygen atoms in total. The first-order valence-electron chi connectivity index (χ1n) is 10.5. The van der Waals surface area contributed by atoms with Gasteiger partial charge in [0.2, 0.25) is 0 Å². The number of nitrogens with zero attached hydrogens (tertiary/aromatic N) is 1. The molecule has 1 aliphatic heterocycles. The van der Waals surface area contributed by atoms with Gasteiger partial charge >= 0.3 is 6.03 Å². The Labute approximate surface area is 215 Å². The van der Waals surface area contributed by atoms with Crippen LogP contribution in [0.5, 0.6) is 11.5 Å². The van der Waals surface area contributed by atoms with Gasteiger partial charge in [-0.25, -0.2) is 9.69 Å². The molecule has 1 N–H and O–H groups in total. The van der Waals surface area contributed by atoms with Crippen LogP contribution in [0.2, 0.25) is 5.02 Å². The summed E-state index contributed by atoms with van der Waals surface area (Å²) in [6, 6.07) is 16.8. The first-order chi connectivity index (χ1) is 16.8. The van der Waals surface area contributed by atoms with E-state index in [4.69, 9.17) is 21.1 Å². The molecule has 0 unspecified atom stereocenters. The van der Waals surface area contributed by atoms with Gasteiger partial charge in [-0.05, 0) is 76.0 Å². The van der Waals surface area contributed by atoms with Crippen molar-refractivity contribution >= 4 is 57.1 Å². The van der Waals surface area contributed by atoms with Crippen molar-refractivity contribution in [3.8, 4) is 11.5 Å². The summed E-state index contributed by atoms with van der Waals surface area (Å²) in [6.45, 7) is 2.06. The fraction of sp³-hybridized carbons (Fsp3) is 0.115. The zero-order valence-corrected chi connectivity index (χ0v) is 21.1. The molecule has 4 amide bonds. The fourth-order valence-corrected chi connectivity index (χ4v) is 4.26. The van der Waals surface area contributed by atoms with Gasteiger partial charge in [0.1, 0.15) is 12.2 Å². The lowest BCUT2D eigenvalue weighted by atomic mass is 10.1. The Hall–Kier alpha value is -3.62. The van der Waals surface area contributed by atoms with E-state index >= 15 is 0 Å². The van der Waals surface area contributed by atoms with Crippen LogP contribution in [0.25, 0.3) is 6.08 Å². The maximum Gasteiger partial charge on any atom is 0.335 e. The van der Waals surface area contributed by atoms with Crippen LogP contribution in [0.3, 0.4) is 0 Å². The molecule has 35 heavy (non-hydrogen) atoms. The average Bonchev–Trinajstić information content (AvgIpc) is 2.83. The Balaban J connectivity index is 1.64. The Morgan fingerprint density at radius 3 is 2.46 bits per heavy atom. The summed E-state index contributed by atoms with van der Waals surface area (Å²) in [6.07, 6.45) is 1.41. The summed E-state index contributed by atoms with van der Waals surface area (Å²) in [5.74, 6) is -0.634. The lowest BCUT2D eigenvalue weighted by Gasteiger charge is -2.27. The van der Waals surface area contributed by atoms with Crippen molar-refractivity contribution < 1.29 is 23.9 Å². The lowest BCUT2D eigenvalue weighted by molar-refractivity contribution is -0.122. The largest absolute Gasteiger partial charge is 0.493 e. The molecule has 9 heteroatoms. The van der Waals surface area contributed by atoms with Crippen LogP contribution in [0.4, 0.5) is 10.5 Å². The molecule has 0 bridgehead atoms. The molecule has 1 aliphatic rings. The third-order valence-corrected chi connectivity index (χ3v) is 6.16. The number of nitrogens with one attached hydrogen (secondary N) is 1. The van der Waals surface area contributed by atoms with E-state index in [0.29, 0.717) is 32.2 Å². The maximum absolute atomic E-state index is 13.2. The van der Waals surface area contributed by atoms with Crippen LogP contribution in [0.15, 0.2) is 70.7 Å². The number of hydrogen-bond donors (Lipinski definition) is 1. The molecular formula is C26H20BrClN2O5. The van der Waals surface area contributed by atoms with Crippen LogP contribution in [0, 0.1) is 6.92 Å². The van der Waals surface area contributed by atoms with Gasteiger partial charge in [0, 0.05) is 5.02 Å². The number of para-hydroxylation sites is 1. The summed E-state index contributed by atoms with van der Waals surface area (Å²) >= 11 is 9.41. The number of hydrogen-bond acceptors (Lipinski definition) is 5. The topological polar surface area (TPSA) is 84.9 Å². The van der Waals surface area contributed by atoms with Gasteiger partial charge in [0.05, 0.1) is 17.3 Å². The van der Waals surface area contributed by atoms with Gasteiger partial charge in [-0.15, -0.1) is 0 Å². The molecule has 3 aromatic rings. The highest BCUT2D eigenvalue weighted by Gasteiger charge is 2.37. The minimum Gasteiger partial charge on any atom is -0.493 e. The number of carbonyl (C=O) groups is 3. The Bertz CT molecular complexity index is 1350. The monoisotopic (exact) mass is 554 g/mol. The first kappa shape index (κ1) is 24.5. The molecule has 0 saturated carbocycles. The summed E-state index contributed by atoms with van der Waals surface area (Å²) in [5.41, 5.74) is 2.36. The molecule has 1 fully saturated rings. The third kappa shape index (κ3) is 5.23. The van der Waals surface area contributed by atoms with Gasteiger partial charge < -0.3 is 9.47 Å². The fourth-order valence-electron chi connectivity index (χ4n) is 3.56. The third-order valence-electron chi connectivity index (χ3n) is 5.32. The van der Waals surface area contributed by atoms with Crippen LogP contribution in [-0.2, 0) is 16.2 Å². The SMILES string of the molecule is COc1cc(/C=C2\C(=O)NC(=O)N(c3ccccc3C)C2=O)cc(Br)c1OCc1ccc(Cl)cc1. The van der Waals surface area contributed by atoms with Crippen molar-refractivity contribution in [2.75, 3.05) is 12.0 Å². The number of ether oxygens (including phenoxy) is 2. The summed E-state index contributed by atoms with van der Waals surface area (Å²) in [4.78, 5) is 39.2. The molecule has 0 aliphatic carbocycles. The average molecular weight is 556 g/mol. The van der Waals surface area contributed by atoms with Crippen LogP contribution in [-0.4, -0.2) is 25.0 Å². The molecule has 0 spiro atoms. The van der Waals surface area contributed by atoms with E-state index in [0.717, 1.165) is 16.0 Å². The second kappa shape index (κ2) is 10.3. The van der Waals surface area contributed by atoms with E-state index in [2.05, 4.69) is 21.2 Å². The number of benzene rings is 3. The van der Waals surface area contributed by atoms with Gasteiger partial charge in [-0.3, -0.25) is 14.9 Å². The number of methoxy groups -OCH3 is 1. The van der Waals surface area contributed by atoms with Gasteiger partial charge in [0.15, 0.2) is 11.5 Å². The Morgan fingerprint density at radius 2 is 1.77 bits per heavy atom. The van der Waals surface area contributed by atoms with Crippen molar-refractivity contribution in [2.24, 2.45) is 0 Å². The number of carbonyl (C=O) groups excluding carboxylic acids is 3. The van der Waals surface area contributed by atoms with Gasteiger partial charge in [-0.1, -0.05) is 41.9 Å². The Morgan fingerprint density at radius 1 is 1.06 bits per heavy atom. The van der Waals surface area contributed by atoms with E-state index in [9.17, 15) is 14.4 Å². The number of barbiturate groups is 1. The molecule has 3 aromatic carbocycles. The smallest absolute Gasteiger partial charge is 0.335 e. The summed E-state index contributed by atoms with van der Waals surface area (Å²) < 4.78 is 12.0. The molecule has 1 saturated heterocycles. The molecule has 178 valence electrons. The van der Waals surface area contributed by atoms with Crippen LogP contribution >= 0.6 is 27.5 Å². The van der Waals surface area contributed by atoms with Crippen LogP contribution in [0.1, 0.15) is 16.7 Å². The minimum atomic E-state index is -0.795.